The van der Waals surface area contributed by atoms with E-state index in [1.165, 1.54) is 0 Å². The Morgan fingerprint density at radius 3 is 2.39 bits per heavy atom. The SMILES string of the molecule is CCOC(=O)C1CCN(c2ccccc2)C(=C=O)C1N1CCN(c2ccncc2)CC1. The van der Waals surface area contributed by atoms with E-state index in [9.17, 15) is 9.59 Å². The maximum atomic E-state index is 12.8. The van der Waals surface area contributed by atoms with Crippen LogP contribution in [0.25, 0.3) is 0 Å². The molecule has 3 heterocycles. The number of anilines is 2. The van der Waals surface area contributed by atoms with Crippen molar-refractivity contribution >= 4 is 23.3 Å². The lowest BCUT2D eigenvalue weighted by Crippen LogP contribution is -2.59. The van der Waals surface area contributed by atoms with Crippen molar-refractivity contribution in [3.05, 3.63) is 60.6 Å². The zero-order valence-corrected chi connectivity index (χ0v) is 17.8. The number of benzene rings is 1. The maximum absolute atomic E-state index is 12.8. The fraction of sp³-hybridized carbons (Fsp3) is 0.417. The molecule has 0 aliphatic carbocycles. The molecule has 7 heteroatoms. The summed E-state index contributed by atoms with van der Waals surface area (Å²) in [4.78, 5) is 35.7. The number of hydrogen-bond acceptors (Lipinski definition) is 7. The number of aromatic nitrogens is 1. The van der Waals surface area contributed by atoms with Crippen LogP contribution in [0.2, 0.25) is 0 Å². The number of ether oxygens (including phenoxy) is 1. The lowest BCUT2D eigenvalue weighted by Gasteiger charge is -2.47. The first-order valence-electron chi connectivity index (χ1n) is 10.9. The van der Waals surface area contributed by atoms with Crippen LogP contribution < -0.4 is 9.80 Å². The molecule has 1 aromatic heterocycles. The van der Waals surface area contributed by atoms with E-state index < -0.39 is 0 Å². The van der Waals surface area contributed by atoms with Crippen molar-refractivity contribution < 1.29 is 14.3 Å². The standard InChI is InChI=1S/C24H28N4O3/c1-2-31-24(30)21-10-13-28(20-6-4-3-5-7-20)22(18-29)23(21)27-16-14-26(15-17-27)19-8-11-25-12-9-19/h3-9,11-12,21,23H,2,10,13-17H2,1H3. The van der Waals surface area contributed by atoms with Crippen LogP contribution in [-0.2, 0) is 14.3 Å². The van der Waals surface area contributed by atoms with E-state index in [1.54, 1.807) is 12.4 Å². The van der Waals surface area contributed by atoms with Gasteiger partial charge in [0, 0.05) is 56.5 Å². The lowest BCUT2D eigenvalue weighted by molar-refractivity contribution is -0.150. The predicted molar refractivity (Wildman–Crippen MR) is 120 cm³/mol. The third-order valence-corrected chi connectivity index (χ3v) is 6.11. The highest BCUT2D eigenvalue weighted by Crippen LogP contribution is 2.34. The average molecular weight is 421 g/mol. The quantitative estimate of drug-likeness (QED) is 0.543. The van der Waals surface area contributed by atoms with Gasteiger partial charge in [0.05, 0.1) is 18.6 Å². The van der Waals surface area contributed by atoms with Gasteiger partial charge in [0.25, 0.3) is 0 Å². The molecule has 0 amide bonds. The number of piperidine rings is 1. The molecule has 0 bridgehead atoms. The van der Waals surface area contributed by atoms with E-state index in [0.717, 1.165) is 37.6 Å². The zero-order valence-electron chi connectivity index (χ0n) is 17.8. The lowest BCUT2D eigenvalue weighted by atomic mass is 9.87. The highest BCUT2D eigenvalue weighted by Gasteiger charge is 2.44. The minimum Gasteiger partial charge on any atom is -0.466 e. The molecule has 2 saturated heterocycles. The average Bonchev–Trinajstić information content (AvgIpc) is 2.84. The Hall–Kier alpha value is -3.15. The van der Waals surface area contributed by atoms with Gasteiger partial charge in [0.1, 0.15) is 11.6 Å². The van der Waals surface area contributed by atoms with Crippen LogP contribution in [0.15, 0.2) is 60.6 Å². The van der Waals surface area contributed by atoms with E-state index in [2.05, 4.69) is 20.7 Å². The van der Waals surface area contributed by atoms with E-state index in [0.29, 0.717) is 25.3 Å². The normalized spacial score (nSPS) is 22.2. The Kier molecular flexibility index (Phi) is 6.65. The molecule has 2 atom stereocenters. The molecule has 0 spiro atoms. The van der Waals surface area contributed by atoms with Gasteiger partial charge >= 0.3 is 5.97 Å². The summed E-state index contributed by atoms with van der Waals surface area (Å²) in [7, 11) is 0. The van der Waals surface area contributed by atoms with Gasteiger partial charge in [-0.25, -0.2) is 4.79 Å². The molecule has 0 radical (unpaired) electrons. The molecule has 162 valence electrons. The van der Waals surface area contributed by atoms with Gasteiger partial charge in [-0.2, -0.15) is 0 Å². The van der Waals surface area contributed by atoms with Crippen LogP contribution in [0.1, 0.15) is 13.3 Å². The van der Waals surface area contributed by atoms with E-state index in [1.807, 2.05) is 54.3 Å². The summed E-state index contributed by atoms with van der Waals surface area (Å²) < 4.78 is 5.38. The summed E-state index contributed by atoms with van der Waals surface area (Å²) in [6.45, 7) is 5.86. The molecule has 2 aromatic rings. The molecular formula is C24H28N4O3. The third-order valence-electron chi connectivity index (χ3n) is 6.11. The molecular weight excluding hydrogens is 392 g/mol. The second-order valence-electron chi connectivity index (χ2n) is 7.79. The largest absolute Gasteiger partial charge is 0.466 e. The van der Waals surface area contributed by atoms with Gasteiger partial charge in [0.2, 0.25) is 0 Å². The topological polar surface area (TPSA) is 66.0 Å². The molecule has 7 nitrogen and oxygen atoms in total. The van der Waals surface area contributed by atoms with Crippen LogP contribution in [0.3, 0.4) is 0 Å². The summed E-state index contributed by atoms with van der Waals surface area (Å²) in [5.74, 6) is 1.59. The van der Waals surface area contributed by atoms with Crippen molar-refractivity contribution in [2.24, 2.45) is 5.92 Å². The van der Waals surface area contributed by atoms with Gasteiger partial charge < -0.3 is 14.5 Å². The van der Waals surface area contributed by atoms with Crippen LogP contribution >= 0.6 is 0 Å². The van der Waals surface area contributed by atoms with Gasteiger partial charge in [-0.15, -0.1) is 0 Å². The number of rotatable bonds is 5. The number of esters is 1. The van der Waals surface area contributed by atoms with Gasteiger partial charge in [-0.1, -0.05) is 18.2 Å². The van der Waals surface area contributed by atoms with Crippen LogP contribution in [-0.4, -0.2) is 67.2 Å². The predicted octanol–water partition coefficient (Wildman–Crippen LogP) is 2.38. The fourth-order valence-electron chi connectivity index (χ4n) is 4.62. The van der Waals surface area contributed by atoms with Crippen molar-refractivity contribution in [2.45, 2.75) is 19.4 Å². The van der Waals surface area contributed by atoms with Gasteiger partial charge in [-0.05, 0) is 37.6 Å². The first-order chi connectivity index (χ1) is 15.2. The minimum atomic E-state index is -0.371. The van der Waals surface area contributed by atoms with Crippen molar-refractivity contribution in [1.29, 1.82) is 0 Å². The Bertz CT molecular complexity index is 922. The molecule has 2 unspecified atom stereocenters. The van der Waals surface area contributed by atoms with Crippen molar-refractivity contribution in [3.63, 3.8) is 0 Å². The number of hydrogen-bond donors (Lipinski definition) is 0. The molecule has 0 saturated carbocycles. The maximum Gasteiger partial charge on any atom is 0.311 e. The molecule has 31 heavy (non-hydrogen) atoms. The number of para-hydroxylation sites is 1. The Balaban J connectivity index is 1.58. The minimum absolute atomic E-state index is 0.232. The molecule has 2 fully saturated rings. The summed E-state index contributed by atoms with van der Waals surface area (Å²) >= 11 is 0. The van der Waals surface area contributed by atoms with Gasteiger partial charge in [-0.3, -0.25) is 14.7 Å². The number of piperazine rings is 1. The van der Waals surface area contributed by atoms with Crippen LogP contribution in [0, 0.1) is 5.92 Å². The number of pyridine rings is 1. The highest BCUT2D eigenvalue weighted by atomic mass is 16.5. The van der Waals surface area contributed by atoms with Crippen LogP contribution in [0.4, 0.5) is 11.4 Å². The monoisotopic (exact) mass is 420 g/mol. The van der Waals surface area contributed by atoms with E-state index in [4.69, 9.17) is 4.74 Å². The fourth-order valence-corrected chi connectivity index (χ4v) is 4.62. The molecule has 4 rings (SSSR count). The van der Waals surface area contributed by atoms with Crippen molar-refractivity contribution in [2.75, 3.05) is 49.1 Å². The van der Waals surface area contributed by atoms with Crippen LogP contribution in [0.5, 0.6) is 0 Å². The second kappa shape index (κ2) is 9.77. The smallest absolute Gasteiger partial charge is 0.311 e. The van der Waals surface area contributed by atoms with E-state index in [-0.39, 0.29) is 17.9 Å². The summed E-state index contributed by atoms with van der Waals surface area (Å²) in [6, 6.07) is 13.5. The van der Waals surface area contributed by atoms with E-state index >= 15 is 0 Å². The summed E-state index contributed by atoms with van der Waals surface area (Å²) in [6.07, 6.45) is 4.23. The summed E-state index contributed by atoms with van der Waals surface area (Å²) in [5.41, 5.74) is 2.61. The van der Waals surface area contributed by atoms with Crippen molar-refractivity contribution in [1.82, 2.24) is 9.88 Å². The first kappa shape index (κ1) is 21.1. The molecule has 2 aliphatic heterocycles. The number of carbonyl (C=O) groups excluding carboxylic acids is 2. The molecule has 1 aromatic carbocycles. The summed E-state index contributed by atoms with van der Waals surface area (Å²) in [5, 5.41) is 0. The Morgan fingerprint density at radius 1 is 1.03 bits per heavy atom. The second-order valence-corrected chi connectivity index (χ2v) is 7.79. The Morgan fingerprint density at radius 2 is 1.74 bits per heavy atom. The van der Waals surface area contributed by atoms with Crippen molar-refractivity contribution in [3.8, 4) is 0 Å². The number of carbonyl (C=O) groups is 1. The molecule has 0 N–H and O–H groups in total. The third kappa shape index (κ3) is 4.48. The van der Waals surface area contributed by atoms with Gasteiger partial charge in [0.15, 0.2) is 0 Å². The Labute approximate surface area is 182 Å². The molecule has 2 aliphatic rings. The first-order valence-corrected chi connectivity index (χ1v) is 10.9. The zero-order chi connectivity index (χ0) is 21.6. The number of nitrogens with zero attached hydrogens (tertiary/aromatic N) is 4. The highest BCUT2D eigenvalue weighted by molar-refractivity contribution is 5.78.